The van der Waals surface area contributed by atoms with Gasteiger partial charge in [-0.05, 0) is 52.0 Å². The van der Waals surface area contributed by atoms with Crippen molar-refractivity contribution in [2.45, 2.75) is 70.5 Å². The van der Waals surface area contributed by atoms with Gasteiger partial charge in [-0.1, -0.05) is 30.3 Å². The number of alkyl carbamates (subject to hydrolysis) is 1. The molecule has 138 valence electrons. The fourth-order valence-corrected chi connectivity index (χ4v) is 3.17. The maximum Gasteiger partial charge on any atom is 0.407 e. The number of hydrogen-bond donors (Lipinski definition) is 1. The van der Waals surface area contributed by atoms with E-state index < -0.39 is 17.3 Å². The van der Waals surface area contributed by atoms with Gasteiger partial charge in [0.15, 0.2) is 0 Å². The van der Waals surface area contributed by atoms with Gasteiger partial charge < -0.3 is 14.8 Å². The van der Waals surface area contributed by atoms with Crippen molar-refractivity contribution in [3.05, 3.63) is 35.9 Å². The highest BCUT2D eigenvalue weighted by Gasteiger charge is 2.37. The lowest BCUT2D eigenvalue weighted by Crippen LogP contribution is -2.39. The molecule has 1 aromatic rings. The molecule has 0 heterocycles. The van der Waals surface area contributed by atoms with Crippen molar-refractivity contribution in [3.63, 3.8) is 0 Å². The molecule has 2 rings (SSSR count). The van der Waals surface area contributed by atoms with E-state index in [2.05, 4.69) is 5.32 Å². The lowest BCUT2D eigenvalue weighted by Gasteiger charge is -2.29. The molecule has 0 aromatic heterocycles. The van der Waals surface area contributed by atoms with Crippen LogP contribution in [-0.2, 0) is 20.7 Å². The fraction of sp³-hybridized carbons (Fsp3) is 0.600. The minimum Gasteiger partial charge on any atom is -0.459 e. The molecule has 5 nitrogen and oxygen atoms in total. The molecule has 5 heteroatoms. The van der Waals surface area contributed by atoms with Crippen molar-refractivity contribution < 1.29 is 19.1 Å². The van der Waals surface area contributed by atoms with Crippen molar-refractivity contribution in [3.8, 4) is 0 Å². The highest BCUT2D eigenvalue weighted by molar-refractivity contribution is 5.73. The topological polar surface area (TPSA) is 64.6 Å². The maximum atomic E-state index is 12.3. The van der Waals surface area contributed by atoms with Crippen molar-refractivity contribution in [2.75, 3.05) is 6.54 Å². The Kier molecular flexibility index (Phi) is 6.45. The quantitative estimate of drug-likeness (QED) is 0.790. The first-order valence-electron chi connectivity index (χ1n) is 9.01. The molecule has 1 saturated carbocycles. The van der Waals surface area contributed by atoms with Gasteiger partial charge in [-0.2, -0.15) is 0 Å². The van der Waals surface area contributed by atoms with E-state index in [1.165, 1.54) is 0 Å². The van der Waals surface area contributed by atoms with Crippen molar-refractivity contribution in [1.82, 2.24) is 5.32 Å². The van der Waals surface area contributed by atoms with E-state index >= 15 is 0 Å². The zero-order valence-corrected chi connectivity index (χ0v) is 15.5. The Morgan fingerprint density at radius 3 is 2.36 bits per heavy atom. The van der Waals surface area contributed by atoms with E-state index in [0.717, 1.165) is 31.2 Å². The Hall–Kier alpha value is -2.04. The van der Waals surface area contributed by atoms with E-state index in [1.54, 1.807) is 0 Å². The number of benzene rings is 1. The molecule has 0 radical (unpaired) electrons. The molecule has 1 aliphatic carbocycles. The summed E-state index contributed by atoms with van der Waals surface area (Å²) in [6, 6.07) is 9.60. The number of carbonyl (C=O) groups excluding carboxylic acids is 2. The Labute approximate surface area is 150 Å². The van der Waals surface area contributed by atoms with Gasteiger partial charge in [-0.25, -0.2) is 4.79 Å². The van der Waals surface area contributed by atoms with Gasteiger partial charge in [0.1, 0.15) is 11.2 Å². The van der Waals surface area contributed by atoms with Crippen LogP contribution in [0.15, 0.2) is 30.3 Å². The van der Waals surface area contributed by atoms with Crippen molar-refractivity contribution >= 4 is 12.1 Å². The summed E-state index contributed by atoms with van der Waals surface area (Å²) >= 11 is 0. The second-order valence-electron chi connectivity index (χ2n) is 7.71. The van der Waals surface area contributed by atoms with Crippen molar-refractivity contribution in [1.29, 1.82) is 0 Å². The summed E-state index contributed by atoms with van der Waals surface area (Å²) in [5.41, 5.74) is -0.0226. The Morgan fingerprint density at radius 1 is 1.12 bits per heavy atom. The van der Waals surface area contributed by atoms with Crippen LogP contribution in [0.5, 0.6) is 0 Å². The largest absolute Gasteiger partial charge is 0.459 e. The van der Waals surface area contributed by atoms with Gasteiger partial charge in [-0.15, -0.1) is 0 Å². The smallest absolute Gasteiger partial charge is 0.407 e. The molecule has 1 aliphatic rings. The first-order chi connectivity index (χ1) is 11.8. The molecule has 0 bridgehead atoms. The Morgan fingerprint density at radius 2 is 1.76 bits per heavy atom. The summed E-state index contributed by atoms with van der Waals surface area (Å²) in [5, 5.41) is 2.76. The van der Waals surface area contributed by atoms with Crippen LogP contribution in [-0.4, -0.2) is 29.8 Å². The Balaban J connectivity index is 1.84. The number of ether oxygens (including phenoxy) is 2. The van der Waals surface area contributed by atoms with Crippen LogP contribution in [0.2, 0.25) is 0 Å². The summed E-state index contributed by atoms with van der Waals surface area (Å²) in [6.45, 7) is 5.93. The van der Waals surface area contributed by atoms with Crippen LogP contribution in [0.1, 0.15) is 58.4 Å². The second-order valence-corrected chi connectivity index (χ2v) is 7.71. The molecule has 1 fully saturated rings. The zero-order chi connectivity index (χ0) is 18.3. The molecular formula is C20H29NO4. The van der Waals surface area contributed by atoms with E-state index in [-0.39, 0.29) is 12.4 Å². The van der Waals surface area contributed by atoms with Crippen LogP contribution in [0, 0.1) is 0 Å². The molecule has 0 atom stereocenters. The summed E-state index contributed by atoms with van der Waals surface area (Å²) in [7, 11) is 0. The van der Waals surface area contributed by atoms with Crippen LogP contribution in [0.25, 0.3) is 0 Å². The highest BCUT2D eigenvalue weighted by Crippen LogP contribution is 2.36. The van der Waals surface area contributed by atoms with Gasteiger partial charge in [0, 0.05) is 13.0 Å². The molecule has 1 N–H and O–H groups in total. The standard InChI is InChI=1S/C20H29NO4/c1-19(2,3)25-18(23)21-14-13-20(11-7-8-12-20)24-17(22)15-16-9-5-4-6-10-16/h4-6,9-10H,7-8,11-15H2,1-3H3,(H,21,23). The SMILES string of the molecule is CC(C)(C)OC(=O)NCCC1(OC(=O)Cc2ccccc2)CCCC1. The zero-order valence-electron chi connectivity index (χ0n) is 15.5. The van der Waals surface area contributed by atoms with E-state index in [1.807, 2.05) is 51.1 Å². The third-order valence-electron chi connectivity index (χ3n) is 4.29. The van der Waals surface area contributed by atoms with Crippen molar-refractivity contribution in [2.24, 2.45) is 0 Å². The maximum absolute atomic E-state index is 12.3. The Bertz CT molecular complexity index is 571. The summed E-state index contributed by atoms with van der Waals surface area (Å²) in [6.07, 6.45) is 4.26. The molecule has 0 unspecified atom stereocenters. The average molecular weight is 347 g/mol. The van der Waals surface area contributed by atoms with Crippen LogP contribution in [0.4, 0.5) is 4.79 Å². The monoisotopic (exact) mass is 347 g/mol. The number of esters is 1. The number of rotatable bonds is 6. The summed E-state index contributed by atoms with van der Waals surface area (Å²) < 4.78 is 11.1. The third kappa shape index (κ3) is 6.77. The van der Waals surface area contributed by atoms with Crippen LogP contribution < -0.4 is 5.32 Å². The normalized spacial score (nSPS) is 16.3. The third-order valence-corrected chi connectivity index (χ3v) is 4.29. The minimum absolute atomic E-state index is 0.203. The van der Waals surface area contributed by atoms with Gasteiger partial charge in [0.2, 0.25) is 0 Å². The lowest BCUT2D eigenvalue weighted by atomic mass is 9.97. The molecular weight excluding hydrogens is 318 g/mol. The molecule has 25 heavy (non-hydrogen) atoms. The van der Waals surface area contributed by atoms with Gasteiger partial charge >= 0.3 is 12.1 Å². The van der Waals surface area contributed by atoms with Gasteiger partial charge in [-0.3, -0.25) is 4.79 Å². The molecule has 0 saturated heterocycles. The summed E-state index contributed by atoms with van der Waals surface area (Å²) in [5.74, 6) is -0.203. The van der Waals surface area contributed by atoms with Crippen LogP contribution >= 0.6 is 0 Å². The second kappa shape index (κ2) is 8.37. The predicted octanol–water partition coefficient (Wildman–Crippen LogP) is 4.00. The molecule has 1 aromatic carbocycles. The van der Waals surface area contributed by atoms with Crippen LogP contribution in [0.3, 0.4) is 0 Å². The van der Waals surface area contributed by atoms with Gasteiger partial charge in [0.05, 0.1) is 6.42 Å². The summed E-state index contributed by atoms with van der Waals surface area (Å²) in [4.78, 5) is 24.1. The lowest BCUT2D eigenvalue weighted by molar-refractivity contribution is -0.159. The van der Waals surface area contributed by atoms with E-state index in [9.17, 15) is 9.59 Å². The number of nitrogens with one attached hydrogen (secondary N) is 1. The fourth-order valence-electron chi connectivity index (χ4n) is 3.17. The van der Waals surface area contributed by atoms with Gasteiger partial charge in [0.25, 0.3) is 0 Å². The minimum atomic E-state index is -0.517. The average Bonchev–Trinajstić information content (AvgIpc) is 2.94. The first-order valence-corrected chi connectivity index (χ1v) is 9.01. The first kappa shape index (κ1) is 19.3. The number of hydrogen-bond acceptors (Lipinski definition) is 4. The highest BCUT2D eigenvalue weighted by atomic mass is 16.6. The molecule has 0 spiro atoms. The predicted molar refractivity (Wildman–Crippen MR) is 96.3 cm³/mol. The number of amides is 1. The van der Waals surface area contributed by atoms with E-state index in [0.29, 0.717) is 13.0 Å². The van der Waals surface area contributed by atoms with E-state index in [4.69, 9.17) is 9.47 Å². The number of carbonyl (C=O) groups is 2. The molecule has 0 aliphatic heterocycles. The molecule has 1 amide bonds.